The highest BCUT2D eigenvalue weighted by atomic mass is 16.5. The second-order valence-corrected chi connectivity index (χ2v) is 7.01. The topological polar surface area (TPSA) is 93.7 Å². The van der Waals surface area contributed by atoms with Crippen LogP contribution < -0.4 is 15.4 Å². The zero-order valence-corrected chi connectivity index (χ0v) is 16.3. The monoisotopic (exact) mass is 376 g/mol. The van der Waals surface area contributed by atoms with Crippen molar-refractivity contribution in [2.75, 3.05) is 6.61 Å². The van der Waals surface area contributed by atoms with Crippen molar-refractivity contribution < 1.29 is 23.9 Å². The van der Waals surface area contributed by atoms with E-state index < -0.39 is 18.1 Å². The highest BCUT2D eigenvalue weighted by Crippen LogP contribution is 2.19. The van der Waals surface area contributed by atoms with Gasteiger partial charge in [-0.1, -0.05) is 13.8 Å². The summed E-state index contributed by atoms with van der Waals surface area (Å²) in [5.74, 6) is -0.843. The van der Waals surface area contributed by atoms with Crippen LogP contribution in [0.25, 0.3) is 0 Å². The van der Waals surface area contributed by atoms with E-state index in [2.05, 4.69) is 10.6 Å². The first-order valence-electron chi connectivity index (χ1n) is 9.36. The average molecular weight is 376 g/mol. The van der Waals surface area contributed by atoms with Crippen LogP contribution in [0.4, 0.5) is 0 Å². The molecule has 0 saturated heterocycles. The zero-order valence-electron chi connectivity index (χ0n) is 16.3. The van der Waals surface area contributed by atoms with E-state index in [1.54, 1.807) is 38.1 Å². The van der Waals surface area contributed by atoms with E-state index in [4.69, 9.17) is 9.47 Å². The van der Waals surface area contributed by atoms with Crippen LogP contribution >= 0.6 is 0 Å². The smallest absolute Gasteiger partial charge is 0.329 e. The Morgan fingerprint density at radius 2 is 1.74 bits per heavy atom. The standard InChI is InChI=1S/C20H28N2O5/c1-5-26-16-10-6-14(7-11-16)19(24)22-17(12(2)3)20(25)27-13(4)18(23)21-15-8-9-15/h6-7,10-13,15,17H,5,8-9H2,1-4H3,(H,21,23)(H,22,24)/t13-,17+/m1/s1. The number of carbonyl (C=O) groups excluding carboxylic acids is 3. The number of hydrogen-bond donors (Lipinski definition) is 2. The van der Waals surface area contributed by atoms with E-state index >= 15 is 0 Å². The number of amides is 2. The Kier molecular flexibility index (Phi) is 7.21. The lowest BCUT2D eigenvalue weighted by Gasteiger charge is -2.23. The quantitative estimate of drug-likeness (QED) is 0.644. The van der Waals surface area contributed by atoms with Crippen LogP contribution in [0, 0.1) is 5.92 Å². The van der Waals surface area contributed by atoms with Gasteiger partial charge in [0, 0.05) is 11.6 Å². The fourth-order valence-electron chi connectivity index (χ4n) is 2.44. The molecule has 0 spiro atoms. The van der Waals surface area contributed by atoms with E-state index in [1.807, 2.05) is 6.92 Å². The molecule has 2 rings (SSSR count). The van der Waals surface area contributed by atoms with E-state index in [0.717, 1.165) is 12.8 Å². The molecule has 148 valence electrons. The van der Waals surface area contributed by atoms with Crippen LogP contribution in [0.15, 0.2) is 24.3 Å². The second-order valence-electron chi connectivity index (χ2n) is 7.01. The predicted molar refractivity (Wildman–Crippen MR) is 100 cm³/mol. The molecular formula is C20H28N2O5. The molecular weight excluding hydrogens is 348 g/mol. The first-order chi connectivity index (χ1) is 12.8. The SMILES string of the molecule is CCOc1ccc(C(=O)N[C@H](C(=O)O[C@H](C)C(=O)NC2CC2)C(C)C)cc1. The van der Waals surface area contributed by atoms with Crippen molar-refractivity contribution in [2.45, 2.75) is 58.7 Å². The molecule has 0 aromatic heterocycles. The van der Waals surface area contributed by atoms with Gasteiger partial charge in [-0.2, -0.15) is 0 Å². The van der Waals surface area contributed by atoms with Gasteiger partial charge in [-0.05, 0) is 56.9 Å². The van der Waals surface area contributed by atoms with Gasteiger partial charge in [0.05, 0.1) is 6.61 Å². The van der Waals surface area contributed by atoms with Gasteiger partial charge in [-0.25, -0.2) is 4.79 Å². The van der Waals surface area contributed by atoms with Gasteiger partial charge in [0.2, 0.25) is 0 Å². The number of ether oxygens (including phenoxy) is 2. The summed E-state index contributed by atoms with van der Waals surface area (Å²) in [6.45, 7) is 7.56. The summed E-state index contributed by atoms with van der Waals surface area (Å²) in [4.78, 5) is 36.9. The molecule has 0 heterocycles. The van der Waals surface area contributed by atoms with E-state index in [1.165, 1.54) is 6.92 Å². The van der Waals surface area contributed by atoms with Crippen molar-refractivity contribution in [1.29, 1.82) is 0 Å². The first-order valence-corrected chi connectivity index (χ1v) is 9.36. The Morgan fingerprint density at radius 1 is 1.11 bits per heavy atom. The lowest BCUT2D eigenvalue weighted by molar-refractivity contribution is -0.157. The summed E-state index contributed by atoms with van der Waals surface area (Å²) in [5.41, 5.74) is 0.413. The fraction of sp³-hybridized carbons (Fsp3) is 0.550. The molecule has 7 heteroatoms. The van der Waals surface area contributed by atoms with Gasteiger partial charge in [-0.3, -0.25) is 9.59 Å². The van der Waals surface area contributed by atoms with Crippen molar-refractivity contribution in [1.82, 2.24) is 10.6 Å². The Bertz CT molecular complexity index is 667. The second kappa shape index (κ2) is 9.39. The molecule has 0 bridgehead atoms. The maximum atomic E-state index is 12.5. The highest BCUT2D eigenvalue weighted by molar-refractivity contribution is 5.97. The molecule has 2 amide bonds. The molecule has 2 atom stereocenters. The molecule has 1 aliphatic carbocycles. The summed E-state index contributed by atoms with van der Waals surface area (Å²) in [5, 5.41) is 5.49. The minimum absolute atomic E-state index is 0.192. The van der Waals surface area contributed by atoms with Gasteiger partial charge in [-0.15, -0.1) is 0 Å². The van der Waals surface area contributed by atoms with Gasteiger partial charge in [0.1, 0.15) is 11.8 Å². The van der Waals surface area contributed by atoms with Crippen LogP contribution in [0.2, 0.25) is 0 Å². The van der Waals surface area contributed by atoms with Crippen LogP contribution in [0.1, 0.15) is 50.9 Å². The molecule has 1 saturated carbocycles. The maximum Gasteiger partial charge on any atom is 0.329 e. The average Bonchev–Trinajstić information content (AvgIpc) is 3.43. The molecule has 1 aliphatic rings. The van der Waals surface area contributed by atoms with Crippen molar-refractivity contribution >= 4 is 17.8 Å². The number of benzene rings is 1. The Labute approximate surface area is 159 Å². The van der Waals surface area contributed by atoms with Gasteiger partial charge in [0.15, 0.2) is 6.10 Å². The van der Waals surface area contributed by atoms with Crippen LogP contribution in [-0.2, 0) is 14.3 Å². The van der Waals surface area contributed by atoms with Crippen molar-refractivity contribution in [2.24, 2.45) is 5.92 Å². The molecule has 0 aliphatic heterocycles. The van der Waals surface area contributed by atoms with E-state index in [-0.39, 0.29) is 23.8 Å². The van der Waals surface area contributed by atoms with E-state index in [9.17, 15) is 14.4 Å². The molecule has 7 nitrogen and oxygen atoms in total. The van der Waals surface area contributed by atoms with Gasteiger partial charge < -0.3 is 20.1 Å². The molecule has 1 fully saturated rings. The number of carbonyl (C=O) groups is 3. The molecule has 1 aromatic carbocycles. The normalized spacial score (nSPS) is 15.6. The number of hydrogen-bond acceptors (Lipinski definition) is 5. The van der Waals surface area contributed by atoms with Crippen LogP contribution in [-0.4, -0.2) is 42.6 Å². The maximum absolute atomic E-state index is 12.5. The lowest BCUT2D eigenvalue weighted by Crippen LogP contribution is -2.47. The molecule has 27 heavy (non-hydrogen) atoms. The van der Waals surface area contributed by atoms with Crippen molar-refractivity contribution in [3.8, 4) is 5.75 Å². The third-order valence-electron chi connectivity index (χ3n) is 4.22. The van der Waals surface area contributed by atoms with Crippen molar-refractivity contribution in [3.05, 3.63) is 29.8 Å². The summed E-state index contributed by atoms with van der Waals surface area (Å²) in [7, 11) is 0. The summed E-state index contributed by atoms with van der Waals surface area (Å²) < 4.78 is 10.6. The molecule has 0 radical (unpaired) electrons. The van der Waals surface area contributed by atoms with Gasteiger partial charge in [0.25, 0.3) is 11.8 Å². The summed E-state index contributed by atoms with van der Waals surface area (Å²) in [6, 6.07) is 6.01. The Hall–Kier alpha value is -2.57. The molecule has 2 N–H and O–H groups in total. The third kappa shape index (κ3) is 6.27. The number of esters is 1. The fourth-order valence-corrected chi connectivity index (χ4v) is 2.44. The minimum Gasteiger partial charge on any atom is -0.494 e. The number of nitrogens with one attached hydrogen (secondary N) is 2. The first kappa shape index (κ1) is 20.7. The molecule has 1 aromatic rings. The summed E-state index contributed by atoms with van der Waals surface area (Å²) in [6.07, 6.45) is 1.01. The minimum atomic E-state index is -0.901. The third-order valence-corrected chi connectivity index (χ3v) is 4.22. The zero-order chi connectivity index (χ0) is 20.0. The predicted octanol–water partition coefficient (Wildman–Crippen LogP) is 2.05. The van der Waals surface area contributed by atoms with Crippen LogP contribution in [0.5, 0.6) is 5.75 Å². The Balaban J connectivity index is 1.95. The Morgan fingerprint density at radius 3 is 2.26 bits per heavy atom. The van der Waals surface area contributed by atoms with Crippen LogP contribution in [0.3, 0.4) is 0 Å². The van der Waals surface area contributed by atoms with Crippen molar-refractivity contribution in [3.63, 3.8) is 0 Å². The largest absolute Gasteiger partial charge is 0.494 e. The van der Waals surface area contributed by atoms with E-state index in [0.29, 0.717) is 17.9 Å². The lowest BCUT2D eigenvalue weighted by atomic mass is 10.0. The molecule has 0 unspecified atom stereocenters. The number of rotatable bonds is 9. The van der Waals surface area contributed by atoms with Gasteiger partial charge >= 0.3 is 5.97 Å². The highest BCUT2D eigenvalue weighted by Gasteiger charge is 2.31. The summed E-state index contributed by atoms with van der Waals surface area (Å²) >= 11 is 0.